The fourth-order valence-corrected chi connectivity index (χ4v) is 3.67. The quantitative estimate of drug-likeness (QED) is 0.618. The van der Waals surface area contributed by atoms with E-state index < -0.39 is 26.4 Å². The van der Waals surface area contributed by atoms with Gasteiger partial charge in [0.15, 0.2) is 11.5 Å². The van der Waals surface area contributed by atoms with Crippen LogP contribution in [0.1, 0.15) is 27.0 Å². The van der Waals surface area contributed by atoms with E-state index in [1.165, 1.54) is 45.4 Å². The highest BCUT2D eigenvalue weighted by Gasteiger charge is 2.33. The second kappa shape index (κ2) is 6.73. The Morgan fingerprint density at radius 1 is 1.00 bits per heavy atom. The van der Waals surface area contributed by atoms with Gasteiger partial charge in [0, 0.05) is 0 Å². The van der Waals surface area contributed by atoms with E-state index in [0.29, 0.717) is 5.56 Å². The molecule has 0 atom stereocenters. The molecule has 0 aromatic heterocycles. The van der Waals surface area contributed by atoms with Crippen LogP contribution in [0.4, 0.5) is 0 Å². The first-order valence-electron chi connectivity index (χ1n) is 7.20. The summed E-state index contributed by atoms with van der Waals surface area (Å²) in [6.07, 6.45) is 0. The Morgan fingerprint density at radius 2 is 1.56 bits per heavy atom. The van der Waals surface area contributed by atoms with Crippen LogP contribution >= 0.6 is 0 Å². The van der Waals surface area contributed by atoms with E-state index in [1.54, 1.807) is 6.92 Å². The van der Waals surface area contributed by atoms with E-state index in [0.717, 1.165) is 0 Å². The number of phenolic OH excluding ortho intramolecular Hbond substituents is 1. The number of rotatable bonds is 5. The molecule has 0 aliphatic heterocycles. The molecule has 0 radical (unpaired) electrons. The number of benzene rings is 2. The van der Waals surface area contributed by atoms with Crippen LogP contribution < -0.4 is 9.47 Å². The third-order valence-electron chi connectivity index (χ3n) is 3.95. The number of carbonyl (C=O) groups excluding carboxylic acids is 1. The minimum absolute atomic E-state index is 0.129. The second-order valence-corrected chi connectivity index (χ2v) is 6.70. The van der Waals surface area contributed by atoms with Gasteiger partial charge in [-0.1, -0.05) is 12.1 Å². The summed E-state index contributed by atoms with van der Waals surface area (Å²) in [6.45, 7) is 3.03. The lowest BCUT2D eigenvalue weighted by atomic mass is 9.96. The summed E-state index contributed by atoms with van der Waals surface area (Å²) in [4.78, 5) is 12.4. The maximum atomic E-state index is 13.0. The minimum Gasteiger partial charge on any atom is -0.507 e. The van der Waals surface area contributed by atoms with Gasteiger partial charge in [-0.05, 0) is 37.1 Å². The zero-order valence-corrected chi connectivity index (χ0v) is 15.0. The summed E-state index contributed by atoms with van der Waals surface area (Å²) >= 11 is 0. The highest BCUT2D eigenvalue weighted by molar-refractivity contribution is 7.86. The lowest BCUT2D eigenvalue weighted by Crippen LogP contribution is -2.15. The summed E-state index contributed by atoms with van der Waals surface area (Å²) in [6, 6.07) is 5.68. The maximum Gasteiger partial charge on any atom is 0.295 e. The molecule has 0 fully saturated rings. The van der Waals surface area contributed by atoms with Crippen LogP contribution in [0.25, 0.3) is 0 Å². The molecule has 0 aliphatic carbocycles. The standard InChI is InChI=1S/C17H18O7S/c1-9-10(2)17(25(20,21)22)13(16(24-4)15(9)23-3)14(19)11-7-5-6-8-12(11)18/h5-8,18H,1-4H3,(H,20,21,22). The number of aromatic hydroxyl groups is 1. The topological polar surface area (TPSA) is 110 Å². The smallest absolute Gasteiger partial charge is 0.295 e. The number of ketones is 1. The average molecular weight is 366 g/mol. The molecule has 25 heavy (non-hydrogen) atoms. The van der Waals surface area contributed by atoms with Crippen molar-refractivity contribution in [1.29, 1.82) is 0 Å². The van der Waals surface area contributed by atoms with E-state index in [2.05, 4.69) is 0 Å². The predicted octanol–water partition coefficient (Wildman–Crippen LogP) is 2.50. The van der Waals surface area contributed by atoms with Crippen molar-refractivity contribution >= 4 is 15.9 Å². The second-order valence-electron chi connectivity index (χ2n) is 5.34. The van der Waals surface area contributed by atoms with Crippen molar-refractivity contribution in [2.45, 2.75) is 18.7 Å². The number of ether oxygens (including phenoxy) is 2. The van der Waals surface area contributed by atoms with Crippen LogP contribution in [0.5, 0.6) is 17.2 Å². The van der Waals surface area contributed by atoms with Crippen molar-refractivity contribution < 1.29 is 32.3 Å². The molecule has 0 aliphatic rings. The van der Waals surface area contributed by atoms with Crippen molar-refractivity contribution in [2.24, 2.45) is 0 Å². The SMILES string of the molecule is COc1c(C)c(C)c(S(=O)(=O)O)c(C(=O)c2ccccc2O)c1OC. The van der Waals surface area contributed by atoms with Gasteiger partial charge in [0.2, 0.25) is 5.78 Å². The van der Waals surface area contributed by atoms with Crippen molar-refractivity contribution in [2.75, 3.05) is 14.2 Å². The van der Waals surface area contributed by atoms with E-state index >= 15 is 0 Å². The highest BCUT2D eigenvalue weighted by atomic mass is 32.2. The van der Waals surface area contributed by atoms with E-state index in [9.17, 15) is 22.9 Å². The summed E-state index contributed by atoms with van der Waals surface area (Å²) in [5.41, 5.74) is 0.0298. The van der Waals surface area contributed by atoms with Crippen LogP contribution in [0, 0.1) is 13.8 Å². The molecule has 2 rings (SSSR count). The van der Waals surface area contributed by atoms with Crippen LogP contribution in [-0.2, 0) is 10.1 Å². The monoisotopic (exact) mass is 366 g/mol. The van der Waals surface area contributed by atoms with E-state index in [4.69, 9.17) is 9.47 Å². The summed E-state index contributed by atoms with van der Waals surface area (Å²) < 4.78 is 44.1. The Morgan fingerprint density at radius 3 is 2.04 bits per heavy atom. The Bertz CT molecular complexity index is 946. The first kappa shape index (κ1) is 18.8. The van der Waals surface area contributed by atoms with Gasteiger partial charge in [0.1, 0.15) is 10.6 Å². The third-order valence-corrected chi connectivity index (χ3v) is 4.97. The number of carbonyl (C=O) groups is 1. The first-order chi connectivity index (χ1) is 11.6. The Labute approximate surface area is 145 Å². The van der Waals surface area contributed by atoms with Gasteiger partial charge in [-0.15, -0.1) is 0 Å². The third kappa shape index (κ3) is 3.18. The number of methoxy groups -OCH3 is 2. The van der Waals surface area contributed by atoms with Gasteiger partial charge in [0.25, 0.3) is 10.1 Å². The molecule has 0 spiro atoms. The molecule has 2 N–H and O–H groups in total. The number of phenols is 1. The van der Waals surface area contributed by atoms with Gasteiger partial charge in [0.05, 0.1) is 25.3 Å². The fraction of sp³-hybridized carbons (Fsp3) is 0.235. The lowest BCUT2D eigenvalue weighted by Gasteiger charge is -2.20. The average Bonchev–Trinajstić information content (AvgIpc) is 2.55. The molecule has 0 bridgehead atoms. The van der Waals surface area contributed by atoms with Gasteiger partial charge in [-0.25, -0.2) is 0 Å². The predicted molar refractivity (Wildman–Crippen MR) is 90.4 cm³/mol. The summed E-state index contributed by atoms with van der Waals surface area (Å²) in [5.74, 6) is -1.10. The fourth-order valence-electron chi connectivity index (χ4n) is 2.68. The molecule has 2 aromatic rings. The molecular formula is C17H18O7S. The van der Waals surface area contributed by atoms with E-state index in [-0.39, 0.29) is 28.4 Å². The number of para-hydroxylation sites is 1. The summed E-state index contributed by atoms with van der Waals surface area (Å²) in [7, 11) is -2.14. The van der Waals surface area contributed by atoms with Crippen molar-refractivity contribution in [3.05, 3.63) is 46.5 Å². The van der Waals surface area contributed by atoms with Crippen LogP contribution in [0.3, 0.4) is 0 Å². The van der Waals surface area contributed by atoms with Crippen LogP contribution in [0.2, 0.25) is 0 Å². The molecule has 0 saturated heterocycles. The first-order valence-corrected chi connectivity index (χ1v) is 8.64. The largest absolute Gasteiger partial charge is 0.507 e. The normalized spacial score (nSPS) is 11.2. The molecule has 0 amide bonds. The van der Waals surface area contributed by atoms with Gasteiger partial charge < -0.3 is 14.6 Å². The minimum atomic E-state index is -4.75. The lowest BCUT2D eigenvalue weighted by molar-refractivity contribution is 0.102. The van der Waals surface area contributed by atoms with Gasteiger partial charge >= 0.3 is 0 Å². The summed E-state index contributed by atoms with van der Waals surface area (Å²) in [5, 5.41) is 9.95. The highest BCUT2D eigenvalue weighted by Crippen LogP contribution is 2.43. The van der Waals surface area contributed by atoms with Crippen LogP contribution in [0.15, 0.2) is 29.2 Å². The van der Waals surface area contributed by atoms with E-state index in [1.807, 2.05) is 0 Å². The molecule has 134 valence electrons. The van der Waals surface area contributed by atoms with Gasteiger partial charge in [-0.3, -0.25) is 9.35 Å². The molecule has 0 saturated carbocycles. The molecule has 0 heterocycles. The Balaban J connectivity index is 2.99. The molecule has 0 unspecified atom stereocenters. The zero-order valence-electron chi connectivity index (χ0n) is 14.2. The Hall–Kier alpha value is -2.58. The maximum absolute atomic E-state index is 13.0. The molecule has 2 aromatic carbocycles. The van der Waals surface area contributed by atoms with Gasteiger partial charge in [-0.2, -0.15) is 8.42 Å². The van der Waals surface area contributed by atoms with Crippen molar-refractivity contribution in [1.82, 2.24) is 0 Å². The molecular weight excluding hydrogens is 348 g/mol. The molecule has 7 nitrogen and oxygen atoms in total. The Kier molecular flexibility index (Phi) is 5.05. The zero-order chi connectivity index (χ0) is 18.9. The number of hydrogen-bond acceptors (Lipinski definition) is 6. The van der Waals surface area contributed by atoms with Crippen LogP contribution in [-0.4, -0.2) is 38.1 Å². The van der Waals surface area contributed by atoms with Crippen molar-refractivity contribution in [3.63, 3.8) is 0 Å². The van der Waals surface area contributed by atoms with Crippen molar-refractivity contribution in [3.8, 4) is 17.2 Å². The molecule has 8 heteroatoms. The number of hydrogen-bond donors (Lipinski definition) is 2.